The number of aryl methyl sites for hydroxylation is 1. The van der Waals surface area contributed by atoms with Crippen LogP contribution in [0.5, 0.6) is 0 Å². The highest BCUT2D eigenvalue weighted by atomic mass is 79.9. The van der Waals surface area contributed by atoms with E-state index in [1.165, 1.54) is 0 Å². The van der Waals surface area contributed by atoms with Gasteiger partial charge in [0.1, 0.15) is 11.5 Å². The quantitative estimate of drug-likeness (QED) is 0.768. The number of furan rings is 1. The van der Waals surface area contributed by atoms with Crippen LogP contribution in [0, 0.1) is 6.92 Å². The van der Waals surface area contributed by atoms with Crippen molar-refractivity contribution in [3.8, 4) is 11.5 Å². The van der Waals surface area contributed by atoms with Gasteiger partial charge in [-0.1, -0.05) is 0 Å². The molecule has 0 fully saturated rings. The zero-order valence-electron chi connectivity index (χ0n) is 7.41. The monoisotopic (exact) mass is 240 g/mol. The number of imidazole rings is 1. The highest BCUT2D eigenvalue weighted by Gasteiger charge is 2.08. The molecule has 0 aliphatic carbocycles. The summed E-state index contributed by atoms with van der Waals surface area (Å²) < 4.78 is 8.21. The van der Waals surface area contributed by atoms with Crippen LogP contribution in [0.25, 0.3) is 11.5 Å². The fourth-order valence-corrected chi connectivity index (χ4v) is 1.48. The molecule has 68 valence electrons. The molecule has 0 aliphatic rings. The molecule has 0 saturated carbocycles. The van der Waals surface area contributed by atoms with Crippen LogP contribution in [0.15, 0.2) is 27.5 Å². The van der Waals surface area contributed by atoms with Crippen LogP contribution >= 0.6 is 15.9 Å². The van der Waals surface area contributed by atoms with Gasteiger partial charge in [-0.15, -0.1) is 0 Å². The third kappa shape index (κ3) is 1.42. The predicted octanol–water partition coefficient (Wildman–Crippen LogP) is 2.75. The summed E-state index contributed by atoms with van der Waals surface area (Å²) in [5, 5.41) is 0. The van der Waals surface area contributed by atoms with Crippen molar-refractivity contribution in [2.24, 2.45) is 7.05 Å². The summed E-state index contributed by atoms with van der Waals surface area (Å²) in [6, 6.07) is 3.88. The molecule has 2 rings (SSSR count). The summed E-state index contributed by atoms with van der Waals surface area (Å²) in [4.78, 5) is 4.12. The molecule has 3 nitrogen and oxygen atoms in total. The van der Waals surface area contributed by atoms with Crippen molar-refractivity contribution >= 4 is 15.9 Å². The largest absolute Gasteiger partial charge is 0.460 e. The highest BCUT2D eigenvalue weighted by molar-refractivity contribution is 9.10. The Kier molecular flexibility index (Phi) is 2.00. The second-order valence-corrected chi connectivity index (χ2v) is 3.59. The van der Waals surface area contributed by atoms with Crippen LogP contribution < -0.4 is 0 Å². The molecule has 0 N–H and O–H groups in total. The van der Waals surface area contributed by atoms with E-state index in [1.54, 1.807) is 6.20 Å². The molecule has 0 atom stereocenters. The second-order valence-electron chi connectivity index (χ2n) is 2.88. The Bertz CT molecular complexity index is 431. The van der Waals surface area contributed by atoms with Gasteiger partial charge in [-0.05, 0) is 35.0 Å². The average Bonchev–Trinajstić information content (AvgIpc) is 2.62. The molecule has 13 heavy (non-hydrogen) atoms. The van der Waals surface area contributed by atoms with Gasteiger partial charge < -0.3 is 8.98 Å². The van der Waals surface area contributed by atoms with Gasteiger partial charge in [0.2, 0.25) is 0 Å². The van der Waals surface area contributed by atoms with Crippen LogP contribution in [-0.4, -0.2) is 9.55 Å². The first kappa shape index (κ1) is 8.56. The molecule has 2 aromatic heterocycles. The summed E-state index contributed by atoms with van der Waals surface area (Å²) in [6.07, 6.45) is 1.78. The van der Waals surface area contributed by atoms with E-state index >= 15 is 0 Å². The smallest absolute Gasteiger partial charge is 0.177 e. The van der Waals surface area contributed by atoms with Gasteiger partial charge in [0.15, 0.2) is 10.5 Å². The van der Waals surface area contributed by atoms with E-state index in [1.807, 2.05) is 30.7 Å². The highest BCUT2D eigenvalue weighted by Crippen LogP contribution is 2.23. The van der Waals surface area contributed by atoms with E-state index in [2.05, 4.69) is 20.9 Å². The van der Waals surface area contributed by atoms with E-state index in [9.17, 15) is 0 Å². The Hall–Kier alpha value is -1.03. The number of hydrogen-bond donors (Lipinski definition) is 0. The standard InChI is InChI=1S/C9H9BrN2O/c1-6-3-4-8(13-6)7-5-11-9(10)12(7)2/h3-5H,1-2H3. The van der Waals surface area contributed by atoms with E-state index in [-0.39, 0.29) is 0 Å². The van der Waals surface area contributed by atoms with Gasteiger partial charge >= 0.3 is 0 Å². The molecule has 0 radical (unpaired) electrons. The first-order valence-corrected chi connectivity index (χ1v) is 4.72. The molecule has 0 amide bonds. The molecule has 0 saturated heterocycles. The molecule has 4 heteroatoms. The Labute approximate surface area is 84.5 Å². The molecule has 0 aliphatic heterocycles. The SMILES string of the molecule is Cc1ccc(-c2cnc(Br)n2C)o1. The summed E-state index contributed by atoms with van der Waals surface area (Å²) in [6.45, 7) is 1.93. The minimum atomic E-state index is 0.802. The van der Waals surface area contributed by atoms with E-state index in [0.717, 1.165) is 21.9 Å². The summed E-state index contributed by atoms with van der Waals surface area (Å²) >= 11 is 3.33. The van der Waals surface area contributed by atoms with Crippen molar-refractivity contribution in [2.75, 3.05) is 0 Å². The lowest BCUT2D eigenvalue weighted by Gasteiger charge is -1.98. The van der Waals surface area contributed by atoms with Crippen molar-refractivity contribution in [3.63, 3.8) is 0 Å². The van der Waals surface area contributed by atoms with Crippen LogP contribution in [-0.2, 0) is 7.05 Å². The Morgan fingerprint density at radius 2 is 2.23 bits per heavy atom. The zero-order chi connectivity index (χ0) is 9.42. The minimum absolute atomic E-state index is 0.802. The molecular formula is C9H9BrN2O. The Balaban J connectivity index is 2.52. The third-order valence-electron chi connectivity index (χ3n) is 1.92. The normalized spacial score (nSPS) is 10.7. The minimum Gasteiger partial charge on any atom is -0.460 e. The molecular weight excluding hydrogens is 232 g/mol. The number of hydrogen-bond acceptors (Lipinski definition) is 2. The van der Waals surface area contributed by atoms with Gasteiger partial charge in [0.05, 0.1) is 6.20 Å². The summed E-state index contributed by atoms with van der Waals surface area (Å²) in [7, 11) is 1.93. The van der Waals surface area contributed by atoms with E-state index in [0.29, 0.717) is 0 Å². The third-order valence-corrected chi connectivity index (χ3v) is 2.66. The zero-order valence-corrected chi connectivity index (χ0v) is 9.00. The molecule has 2 heterocycles. The van der Waals surface area contributed by atoms with Crippen molar-refractivity contribution in [3.05, 3.63) is 28.8 Å². The van der Waals surface area contributed by atoms with Crippen LogP contribution in [0.4, 0.5) is 0 Å². The van der Waals surface area contributed by atoms with Gasteiger partial charge in [-0.25, -0.2) is 4.98 Å². The molecule has 0 bridgehead atoms. The van der Waals surface area contributed by atoms with Gasteiger partial charge in [-0.2, -0.15) is 0 Å². The second kappa shape index (κ2) is 3.03. The number of rotatable bonds is 1. The lowest BCUT2D eigenvalue weighted by Crippen LogP contribution is -1.89. The number of halogens is 1. The van der Waals surface area contributed by atoms with E-state index in [4.69, 9.17) is 4.42 Å². The maximum atomic E-state index is 5.48. The Morgan fingerprint density at radius 1 is 1.46 bits per heavy atom. The topological polar surface area (TPSA) is 31.0 Å². The van der Waals surface area contributed by atoms with Crippen LogP contribution in [0.3, 0.4) is 0 Å². The molecule has 0 unspecified atom stereocenters. The van der Waals surface area contributed by atoms with Crippen molar-refractivity contribution in [1.82, 2.24) is 9.55 Å². The fourth-order valence-electron chi connectivity index (χ4n) is 1.19. The molecule has 2 aromatic rings. The maximum absolute atomic E-state index is 5.48. The van der Waals surface area contributed by atoms with E-state index < -0.39 is 0 Å². The number of aromatic nitrogens is 2. The van der Waals surface area contributed by atoms with Gasteiger partial charge in [0, 0.05) is 7.05 Å². The van der Waals surface area contributed by atoms with Gasteiger partial charge in [0.25, 0.3) is 0 Å². The van der Waals surface area contributed by atoms with Gasteiger partial charge in [-0.3, -0.25) is 0 Å². The maximum Gasteiger partial charge on any atom is 0.177 e. The van der Waals surface area contributed by atoms with Crippen molar-refractivity contribution < 1.29 is 4.42 Å². The first-order valence-electron chi connectivity index (χ1n) is 3.92. The Morgan fingerprint density at radius 3 is 2.69 bits per heavy atom. The van der Waals surface area contributed by atoms with Crippen LogP contribution in [0.1, 0.15) is 5.76 Å². The fraction of sp³-hybridized carbons (Fsp3) is 0.222. The lowest BCUT2D eigenvalue weighted by molar-refractivity contribution is 0.543. The summed E-state index contributed by atoms with van der Waals surface area (Å²) in [5.74, 6) is 1.76. The van der Waals surface area contributed by atoms with Crippen molar-refractivity contribution in [2.45, 2.75) is 6.92 Å². The van der Waals surface area contributed by atoms with Crippen LogP contribution in [0.2, 0.25) is 0 Å². The average molecular weight is 241 g/mol. The van der Waals surface area contributed by atoms with Crippen molar-refractivity contribution in [1.29, 1.82) is 0 Å². The molecule has 0 aromatic carbocycles. The number of nitrogens with zero attached hydrogens (tertiary/aromatic N) is 2. The first-order chi connectivity index (χ1) is 6.18. The molecule has 0 spiro atoms. The lowest BCUT2D eigenvalue weighted by atomic mass is 10.3. The summed E-state index contributed by atoms with van der Waals surface area (Å²) in [5.41, 5.74) is 0.972. The predicted molar refractivity (Wildman–Crippen MR) is 53.3 cm³/mol.